The molecule has 0 radical (unpaired) electrons. The molecular weight excluding hydrogens is 304 g/mol. The second-order valence-electron chi connectivity index (χ2n) is 5.68. The molecule has 2 heterocycles. The largest absolute Gasteiger partial charge is 0.343 e. The number of halogens is 1. The quantitative estimate of drug-likeness (QED) is 0.734. The van der Waals surface area contributed by atoms with Crippen LogP contribution in [0.15, 0.2) is 24.3 Å². The summed E-state index contributed by atoms with van der Waals surface area (Å²) in [7, 11) is 0. The maximum Gasteiger partial charge on any atom is 0.343 e. The summed E-state index contributed by atoms with van der Waals surface area (Å²) in [6, 6.07) is 11.6. The Morgan fingerprint density at radius 2 is 1.82 bits per heavy atom. The van der Waals surface area contributed by atoms with Crippen molar-refractivity contribution in [2.24, 2.45) is 16.6 Å². The number of hydrogen-bond donors (Lipinski definition) is 2. The molecule has 1 aliphatic carbocycles. The van der Waals surface area contributed by atoms with Crippen LogP contribution in [0.1, 0.15) is 11.5 Å². The Bertz CT molecular complexity index is 772. The average molecular weight is 316 g/mol. The number of nitriles is 2. The predicted molar refractivity (Wildman–Crippen MR) is 75.1 cm³/mol. The van der Waals surface area contributed by atoms with Gasteiger partial charge >= 0.3 is 5.91 Å². The zero-order valence-corrected chi connectivity index (χ0v) is 12.2. The Hall–Kier alpha value is -2.12. The predicted octanol–water partition coefficient (Wildman–Crippen LogP) is -0.391. The van der Waals surface area contributed by atoms with E-state index in [1.807, 2.05) is 0 Å². The van der Waals surface area contributed by atoms with Gasteiger partial charge in [-0.05, 0) is 17.7 Å². The first-order valence-corrected chi connectivity index (χ1v) is 7.23. The monoisotopic (exact) mass is 315 g/mol. The Morgan fingerprint density at radius 1 is 1.18 bits per heavy atom. The maximum absolute atomic E-state index is 9.90. The summed E-state index contributed by atoms with van der Waals surface area (Å²) in [6.07, 6.45) is 0. The first-order chi connectivity index (χ1) is 10.6. The number of nitrogens with one attached hydrogen (secondary N) is 1. The third kappa shape index (κ3) is 1.17. The van der Waals surface area contributed by atoms with Crippen molar-refractivity contribution >= 4 is 17.4 Å². The zero-order chi connectivity index (χ0) is 15.6. The lowest BCUT2D eigenvalue weighted by molar-refractivity contribution is -0.676. The molecule has 0 bridgehead atoms. The van der Waals surface area contributed by atoms with Crippen LogP contribution >= 0.6 is 11.6 Å². The van der Waals surface area contributed by atoms with Crippen LogP contribution in [0, 0.1) is 33.5 Å². The molecule has 1 spiro atoms. The molecule has 22 heavy (non-hydrogen) atoms. The van der Waals surface area contributed by atoms with Crippen LogP contribution in [0.5, 0.6) is 0 Å². The fourth-order valence-corrected chi connectivity index (χ4v) is 4.10. The van der Waals surface area contributed by atoms with Gasteiger partial charge in [0.2, 0.25) is 0 Å². The number of benzene rings is 1. The van der Waals surface area contributed by atoms with E-state index in [4.69, 9.17) is 26.8 Å². The Kier molecular flexibility index (Phi) is 2.46. The van der Waals surface area contributed by atoms with Crippen molar-refractivity contribution in [2.45, 2.75) is 11.8 Å². The summed E-state index contributed by atoms with van der Waals surface area (Å²) in [5.41, 5.74) is 4.53. The first kappa shape index (κ1) is 13.5. The minimum atomic E-state index is -1.36. The molecule has 1 aromatic rings. The van der Waals surface area contributed by atoms with E-state index >= 15 is 0 Å². The summed E-state index contributed by atoms with van der Waals surface area (Å²) in [6.45, 7) is 0.692. The van der Waals surface area contributed by atoms with Crippen LogP contribution in [-0.2, 0) is 9.47 Å². The highest BCUT2D eigenvalue weighted by atomic mass is 35.5. The van der Waals surface area contributed by atoms with Crippen LogP contribution in [0.2, 0.25) is 5.02 Å². The number of nitrogens with zero attached hydrogens (tertiary/aromatic N) is 2. The van der Waals surface area contributed by atoms with Crippen molar-refractivity contribution in [1.29, 1.82) is 10.5 Å². The van der Waals surface area contributed by atoms with Gasteiger partial charge in [0.05, 0.1) is 25.4 Å². The van der Waals surface area contributed by atoms with E-state index in [-0.39, 0.29) is 5.84 Å². The van der Waals surface area contributed by atoms with Crippen molar-refractivity contribution in [2.75, 3.05) is 13.2 Å². The summed E-state index contributed by atoms with van der Waals surface area (Å²) in [4.78, 5) is 2.90. The highest BCUT2D eigenvalue weighted by molar-refractivity contribution is 6.30. The number of hydrogen-bond acceptors (Lipinski definition) is 5. The summed E-state index contributed by atoms with van der Waals surface area (Å²) < 4.78 is 11.4. The second kappa shape index (κ2) is 3.99. The van der Waals surface area contributed by atoms with E-state index in [0.29, 0.717) is 18.2 Å². The van der Waals surface area contributed by atoms with Crippen molar-refractivity contribution in [3.63, 3.8) is 0 Å². The number of ether oxygens (including phenoxy) is 2. The fourth-order valence-electron chi connectivity index (χ4n) is 3.97. The molecule has 2 fully saturated rings. The lowest BCUT2D eigenvalue weighted by atomic mass is 9.94. The SMILES string of the molecule is N#C[C@@]12C(N)=[NH+]C3(OCCO3)[C@]1(C#N)[C@H]2c1ccc(Cl)cc1. The molecule has 6 nitrogen and oxygen atoms in total. The van der Waals surface area contributed by atoms with E-state index < -0.39 is 22.7 Å². The first-order valence-electron chi connectivity index (χ1n) is 6.85. The highest BCUT2D eigenvalue weighted by Crippen LogP contribution is 2.79. The molecule has 0 aromatic heterocycles. The van der Waals surface area contributed by atoms with Gasteiger partial charge in [-0.3, -0.25) is 5.73 Å². The minimum absolute atomic E-state index is 0.221. The lowest BCUT2D eigenvalue weighted by Gasteiger charge is -2.23. The number of fused-ring (bicyclic) bond motifs is 2. The number of amidine groups is 1. The number of rotatable bonds is 1. The highest BCUT2D eigenvalue weighted by Gasteiger charge is 2.97. The van der Waals surface area contributed by atoms with Crippen molar-refractivity contribution in [1.82, 2.24) is 0 Å². The maximum atomic E-state index is 9.90. The standard InChI is InChI=1S/C15H11ClN4O2/c16-10-3-1-9(2-4-10)11-13(7-17)12(19)20-15(14(11,13)8-18)21-5-6-22-15/h1-4,11H,5-6H2,(H2,19,20)/p+1/t11-,13+,14+/m0/s1. The third-order valence-electron chi connectivity index (χ3n) is 4.90. The minimum Gasteiger partial charge on any atom is -0.311 e. The van der Waals surface area contributed by atoms with E-state index in [1.54, 1.807) is 24.3 Å². The molecule has 3 atom stereocenters. The van der Waals surface area contributed by atoms with Gasteiger partial charge in [0.15, 0.2) is 10.8 Å². The van der Waals surface area contributed by atoms with Crippen LogP contribution in [0.25, 0.3) is 0 Å². The Labute approximate surface area is 131 Å². The molecule has 1 saturated heterocycles. The van der Waals surface area contributed by atoms with Gasteiger partial charge in [0, 0.05) is 10.9 Å². The third-order valence-corrected chi connectivity index (χ3v) is 5.15. The normalized spacial score (nSPS) is 37.2. The van der Waals surface area contributed by atoms with Gasteiger partial charge < -0.3 is 9.47 Å². The smallest absolute Gasteiger partial charge is 0.311 e. The fraction of sp³-hybridized carbons (Fsp3) is 0.400. The molecule has 110 valence electrons. The molecule has 2 aliphatic heterocycles. The van der Waals surface area contributed by atoms with E-state index in [2.05, 4.69) is 17.1 Å². The number of nitrogens with two attached hydrogens (primary N) is 1. The summed E-state index contributed by atoms with van der Waals surface area (Å²) >= 11 is 5.92. The van der Waals surface area contributed by atoms with Gasteiger partial charge in [0.1, 0.15) is 0 Å². The van der Waals surface area contributed by atoms with Crippen LogP contribution in [-0.4, -0.2) is 25.0 Å². The average Bonchev–Trinajstić information content (AvgIpc) is 2.77. The molecule has 1 saturated carbocycles. The van der Waals surface area contributed by atoms with E-state index in [9.17, 15) is 10.5 Å². The lowest BCUT2D eigenvalue weighted by Crippen LogP contribution is -2.89. The molecule has 4 rings (SSSR count). The Morgan fingerprint density at radius 3 is 2.36 bits per heavy atom. The van der Waals surface area contributed by atoms with Gasteiger partial charge in [0.25, 0.3) is 5.84 Å². The molecular formula is C15H12ClN4O2+. The molecule has 3 aliphatic rings. The van der Waals surface area contributed by atoms with Crippen LogP contribution in [0.4, 0.5) is 0 Å². The molecule has 0 unspecified atom stereocenters. The van der Waals surface area contributed by atoms with Crippen molar-refractivity contribution < 1.29 is 14.5 Å². The summed E-state index contributed by atoms with van der Waals surface area (Å²) in [5, 5.41) is 20.3. The topological polar surface area (TPSA) is 106 Å². The molecule has 3 N–H and O–H groups in total. The molecule has 7 heteroatoms. The van der Waals surface area contributed by atoms with Crippen molar-refractivity contribution in [3.05, 3.63) is 34.9 Å². The van der Waals surface area contributed by atoms with Gasteiger partial charge in [-0.25, -0.2) is 4.99 Å². The van der Waals surface area contributed by atoms with E-state index in [1.165, 1.54) is 0 Å². The van der Waals surface area contributed by atoms with Gasteiger partial charge in [-0.2, -0.15) is 10.5 Å². The van der Waals surface area contributed by atoms with Gasteiger partial charge in [-0.15, -0.1) is 0 Å². The van der Waals surface area contributed by atoms with Crippen LogP contribution in [0.3, 0.4) is 0 Å². The zero-order valence-electron chi connectivity index (χ0n) is 11.5. The molecule has 0 amide bonds. The molecule has 1 aromatic carbocycles. The van der Waals surface area contributed by atoms with Crippen LogP contribution < -0.4 is 10.7 Å². The summed E-state index contributed by atoms with van der Waals surface area (Å²) in [5.74, 6) is -1.56. The Balaban J connectivity index is 1.92. The second-order valence-corrected chi connectivity index (χ2v) is 6.11. The van der Waals surface area contributed by atoms with E-state index in [0.717, 1.165) is 5.56 Å². The van der Waals surface area contributed by atoms with Gasteiger partial charge in [-0.1, -0.05) is 23.7 Å². The van der Waals surface area contributed by atoms with Crippen molar-refractivity contribution in [3.8, 4) is 12.1 Å².